The number of nitrogens with two attached hydrogens (primary N) is 1. The van der Waals surface area contributed by atoms with E-state index in [0.717, 1.165) is 0 Å². The molecule has 0 atom stereocenters. The maximum absolute atomic E-state index is 10.6. The summed E-state index contributed by atoms with van der Waals surface area (Å²) in [5, 5.41) is 9.38. The first-order valence-electron chi connectivity index (χ1n) is 3.94. The van der Waals surface area contributed by atoms with Crippen LogP contribution in [0.15, 0.2) is 6.20 Å². The Morgan fingerprint density at radius 1 is 1.57 bits per heavy atom. The standard InChI is InChI=1S/C8H8N4O2/c1-3-5-4(9)2-10-6(5)12-7(11-3)8(13)14/h2H,9H2,1H3,(H,13,14)(H,10,11,12). The van der Waals surface area contributed by atoms with Gasteiger partial charge in [-0.3, -0.25) is 0 Å². The third-order valence-electron chi connectivity index (χ3n) is 1.93. The van der Waals surface area contributed by atoms with Crippen LogP contribution in [0.25, 0.3) is 11.0 Å². The number of H-pyrrole nitrogens is 1. The molecule has 0 bridgehead atoms. The number of hydrogen-bond acceptors (Lipinski definition) is 4. The Bertz CT molecular complexity index is 517. The van der Waals surface area contributed by atoms with Gasteiger partial charge in [-0.2, -0.15) is 0 Å². The zero-order valence-electron chi connectivity index (χ0n) is 7.40. The Hall–Kier alpha value is -2.11. The van der Waals surface area contributed by atoms with E-state index in [1.165, 1.54) is 0 Å². The Morgan fingerprint density at radius 3 is 2.93 bits per heavy atom. The van der Waals surface area contributed by atoms with Crippen LogP contribution in [0.1, 0.15) is 16.3 Å². The highest BCUT2D eigenvalue weighted by Gasteiger charge is 2.12. The van der Waals surface area contributed by atoms with Gasteiger partial charge in [0.05, 0.1) is 16.8 Å². The molecule has 6 nitrogen and oxygen atoms in total. The van der Waals surface area contributed by atoms with E-state index in [4.69, 9.17) is 10.8 Å². The molecule has 0 aliphatic rings. The summed E-state index contributed by atoms with van der Waals surface area (Å²) in [6.07, 6.45) is 1.57. The van der Waals surface area contributed by atoms with E-state index < -0.39 is 5.97 Å². The second-order valence-corrected chi connectivity index (χ2v) is 2.91. The molecule has 0 unspecified atom stereocenters. The summed E-state index contributed by atoms with van der Waals surface area (Å²) < 4.78 is 0. The maximum Gasteiger partial charge on any atom is 0.374 e. The van der Waals surface area contributed by atoms with Crippen LogP contribution in [-0.2, 0) is 0 Å². The number of nitrogens with zero attached hydrogens (tertiary/aromatic N) is 2. The Morgan fingerprint density at radius 2 is 2.29 bits per heavy atom. The molecule has 72 valence electrons. The minimum absolute atomic E-state index is 0.225. The molecule has 2 aromatic heterocycles. The number of hydrogen-bond donors (Lipinski definition) is 3. The maximum atomic E-state index is 10.6. The molecule has 0 amide bonds. The Labute approximate surface area is 78.8 Å². The van der Waals surface area contributed by atoms with Crippen molar-refractivity contribution >= 4 is 22.7 Å². The number of aryl methyl sites for hydroxylation is 1. The average molecular weight is 192 g/mol. The van der Waals surface area contributed by atoms with Crippen LogP contribution in [0.4, 0.5) is 5.69 Å². The highest BCUT2D eigenvalue weighted by Crippen LogP contribution is 2.20. The lowest BCUT2D eigenvalue weighted by molar-refractivity contribution is 0.0683. The number of anilines is 1. The topological polar surface area (TPSA) is 105 Å². The lowest BCUT2D eigenvalue weighted by Gasteiger charge is -1.98. The van der Waals surface area contributed by atoms with E-state index in [1.807, 2.05) is 0 Å². The van der Waals surface area contributed by atoms with Crippen molar-refractivity contribution in [3.05, 3.63) is 17.7 Å². The molecule has 6 heteroatoms. The van der Waals surface area contributed by atoms with Gasteiger partial charge in [-0.05, 0) is 6.92 Å². The molecular weight excluding hydrogens is 184 g/mol. The number of carboxylic acids is 1. The summed E-state index contributed by atoms with van der Waals surface area (Å²) in [6, 6.07) is 0. The van der Waals surface area contributed by atoms with Gasteiger partial charge in [0.2, 0.25) is 5.82 Å². The third kappa shape index (κ3) is 1.08. The van der Waals surface area contributed by atoms with Crippen LogP contribution in [0.5, 0.6) is 0 Å². The molecule has 4 N–H and O–H groups in total. The molecule has 0 radical (unpaired) electrons. The number of aromatic nitrogens is 3. The highest BCUT2D eigenvalue weighted by molar-refractivity contribution is 5.93. The molecule has 0 aliphatic heterocycles. The monoisotopic (exact) mass is 192 g/mol. The van der Waals surface area contributed by atoms with Crippen molar-refractivity contribution < 1.29 is 9.90 Å². The van der Waals surface area contributed by atoms with E-state index >= 15 is 0 Å². The number of carboxylic acid groups (broad SMARTS) is 1. The third-order valence-corrected chi connectivity index (χ3v) is 1.93. The molecule has 0 saturated carbocycles. The zero-order chi connectivity index (χ0) is 10.3. The van der Waals surface area contributed by atoms with Gasteiger partial charge in [0.15, 0.2) is 0 Å². The van der Waals surface area contributed by atoms with E-state index in [9.17, 15) is 4.79 Å². The first-order valence-corrected chi connectivity index (χ1v) is 3.94. The van der Waals surface area contributed by atoms with Gasteiger partial charge in [0.25, 0.3) is 0 Å². The molecule has 0 aliphatic carbocycles. The number of nitrogens with one attached hydrogen (secondary N) is 1. The Balaban J connectivity index is 2.80. The van der Waals surface area contributed by atoms with Crippen LogP contribution < -0.4 is 5.73 Å². The van der Waals surface area contributed by atoms with E-state index in [0.29, 0.717) is 22.4 Å². The summed E-state index contributed by atoms with van der Waals surface area (Å²) in [6.45, 7) is 1.70. The molecule has 14 heavy (non-hydrogen) atoms. The lowest BCUT2D eigenvalue weighted by atomic mass is 10.2. The number of fused-ring (bicyclic) bond motifs is 1. The Kier molecular flexibility index (Phi) is 1.63. The SMILES string of the molecule is Cc1nc(C(=O)O)nc2[nH]cc(N)c12. The predicted octanol–water partition coefficient (Wildman–Crippen LogP) is 0.547. The van der Waals surface area contributed by atoms with E-state index in [1.54, 1.807) is 13.1 Å². The molecular formula is C8H8N4O2. The van der Waals surface area contributed by atoms with Gasteiger partial charge in [-0.25, -0.2) is 14.8 Å². The van der Waals surface area contributed by atoms with Gasteiger partial charge in [0, 0.05) is 6.20 Å². The molecule has 2 heterocycles. The number of carbonyl (C=O) groups is 1. The molecule has 2 rings (SSSR count). The van der Waals surface area contributed by atoms with Gasteiger partial charge < -0.3 is 15.8 Å². The molecule has 0 aromatic carbocycles. The van der Waals surface area contributed by atoms with Crippen molar-refractivity contribution in [2.45, 2.75) is 6.92 Å². The quantitative estimate of drug-likeness (QED) is 0.611. The van der Waals surface area contributed by atoms with Crippen LogP contribution >= 0.6 is 0 Å². The summed E-state index contributed by atoms with van der Waals surface area (Å²) in [5.41, 5.74) is 7.18. The van der Waals surface area contributed by atoms with Crippen molar-refractivity contribution in [3.63, 3.8) is 0 Å². The minimum Gasteiger partial charge on any atom is -0.475 e. The van der Waals surface area contributed by atoms with Gasteiger partial charge in [0.1, 0.15) is 5.65 Å². The second kappa shape index (κ2) is 2.69. The largest absolute Gasteiger partial charge is 0.475 e. The fraction of sp³-hybridized carbons (Fsp3) is 0.125. The summed E-state index contributed by atoms with van der Waals surface area (Å²) in [4.78, 5) is 21.1. The average Bonchev–Trinajstić information content (AvgIpc) is 2.48. The van der Waals surface area contributed by atoms with Gasteiger partial charge in [-0.1, -0.05) is 0 Å². The van der Waals surface area contributed by atoms with Crippen molar-refractivity contribution in [2.75, 3.05) is 5.73 Å². The fourth-order valence-electron chi connectivity index (χ4n) is 1.34. The van der Waals surface area contributed by atoms with E-state index in [2.05, 4.69) is 15.0 Å². The van der Waals surface area contributed by atoms with Crippen molar-refractivity contribution in [3.8, 4) is 0 Å². The van der Waals surface area contributed by atoms with Gasteiger partial charge >= 0.3 is 5.97 Å². The number of aromatic amines is 1. The number of nitrogen functional groups attached to an aromatic ring is 1. The summed E-state index contributed by atoms with van der Waals surface area (Å²) in [7, 11) is 0. The van der Waals surface area contributed by atoms with Crippen molar-refractivity contribution in [1.29, 1.82) is 0 Å². The second-order valence-electron chi connectivity index (χ2n) is 2.91. The minimum atomic E-state index is -1.15. The van der Waals surface area contributed by atoms with Gasteiger partial charge in [-0.15, -0.1) is 0 Å². The smallest absolute Gasteiger partial charge is 0.374 e. The van der Waals surface area contributed by atoms with Crippen LogP contribution in [0.2, 0.25) is 0 Å². The summed E-state index contributed by atoms with van der Waals surface area (Å²) >= 11 is 0. The lowest BCUT2D eigenvalue weighted by Crippen LogP contribution is -2.05. The normalized spacial score (nSPS) is 10.6. The fourth-order valence-corrected chi connectivity index (χ4v) is 1.34. The predicted molar refractivity (Wildman–Crippen MR) is 50.0 cm³/mol. The molecule has 0 fully saturated rings. The van der Waals surface area contributed by atoms with Crippen LogP contribution in [0, 0.1) is 6.92 Å². The van der Waals surface area contributed by atoms with E-state index in [-0.39, 0.29) is 5.82 Å². The zero-order valence-corrected chi connectivity index (χ0v) is 7.40. The molecule has 0 saturated heterocycles. The first kappa shape index (κ1) is 8.49. The van der Waals surface area contributed by atoms with Crippen LogP contribution in [-0.4, -0.2) is 26.0 Å². The number of rotatable bonds is 1. The summed E-state index contributed by atoms with van der Waals surface area (Å²) in [5.74, 6) is -1.37. The number of aromatic carboxylic acids is 1. The molecule has 0 spiro atoms. The van der Waals surface area contributed by atoms with Crippen molar-refractivity contribution in [1.82, 2.24) is 15.0 Å². The highest BCUT2D eigenvalue weighted by atomic mass is 16.4. The molecule has 2 aromatic rings. The van der Waals surface area contributed by atoms with Crippen LogP contribution in [0.3, 0.4) is 0 Å². The van der Waals surface area contributed by atoms with Crippen molar-refractivity contribution in [2.24, 2.45) is 0 Å². The first-order chi connectivity index (χ1) is 6.59.